The van der Waals surface area contributed by atoms with Gasteiger partial charge in [0.05, 0.1) is 0 Å². The molecule has 0 aliphatic carbocycles. The van der Waals surface area contributed by atoms with Crippen molar-refractivity contribution < 1.29 is 4.79 Å². The molecule has 2 aromatic carbocycles. The van der Waals surface area contributed by atoms with E-state index in [9.17, 15) is 4.79 Å². The lowest BCUT2D eigenvalue weighted by Crippen LogP contribution is -2.04. The fourth-order valence-electron chi connectivity index (χ4n) is 1.68. The van der Waals surface area contributed by atoms with E-state index in [4.69, 9.17) is 5.73 Å². The molecule has 0 saturated carbocycles. The minimum absolute atomic E-state index is 0.0301. The number of carbonyl (C=O) groups is 1. The van der Waals surface area contributed by atoms with Crippen molar-refractivity contribution in [3.8, 4) is 0 Å². The van der Waals surface area contributed by atoms with Crippen molar-refractivity contribution in [3.05, 3.63) is 62.0 Å². The van der Waals surface area contributed by atoms with Gasteiger partial charge in [-0.05, 0) is 68.6 Å². The summed E-state index contributed by atoms with van der Waals surface area (Å²) < 4.78 is 1.54. The molecule has 0 fully saturated rings. The molecule has 0 aliphatic heterocycles. The van der Waals surface area contributed by atoms with Gasteiger partial charge in [-0.15, -0.1) is 0 Å². The summed E-state index contributed by atoms with van der Waals surface area (Å²) in [7, 11) is 0. The second-order valence-electron chi connectivity index (χ2n) is 4.00. The van der Waals surface area contributed by atoms with Gasteiger partial charge in [-0.1, -0.05) is 12.1 Å². The zero-order valence-electron chi connectivity index (χ0n) is 9.71. The first kappa shape index (κ1) is 13.3. The zero-order valence-corrected chi connectivity index (χ0v) is 12.9. The van der Waals surface area contributed by atoms with Crippen LogP contribution in [-0.2, 0) is 0 Å². The Labute approximate surface area is 122 Å². The van der Waals surface area contributed by atoms with E-state index < -0.39 is 0 Å². The van der Waals surface area contributed by atoms with Crippen LogP contribution in [0.2, 0.25) is 0 Å². The molecule has 2 aromatic rings. The Morgan fingerprint density at radius 3 is 2.50 bits per heavy atom. The first-order valence-corrected chi connectivity index (χ1v) is 6.94. The van der Waals surface area contributed by atoms with Gasteiger partial charge >= 0.3 is 0 Å². The van der Waals surface area contributed by atoms with Gasteiger partial charge < -0.3 is 5.73 Å². The molecule has 0 aromatic heterocycles. The Bertz CT molecular complexity index is 623. The number of hydrogen-bond acceptors (Lipinski definition) is 2. The number of carbonyl (C=O) groups excluding carboxylic acids is 1. The van der Waals surface area contributed by atoms with Crippen LogP contribution in [0.25, 0.3) is 0 Å². The number of benzene rings is 2. The van der Waals surface area contributed by atoms with E-state index in [1.807, 2.05) is 25.1 Å². The summed E-state index contributed by atoms with van der Waals surface area (Å²) in [5.74, 6) is -0.0301. The average Bonchev–Trinajstić information content (AvgIpc) is 2.32. The molecule has 0 aliphatic rings. The van der Waals surface area contributed by atoms with E-state index >= 15 is 0 Å². The second-order valence-corrected chi connectivity index (χ2v) is 5.65. The maximum atomic E-state index is 12.5. The first-order valence-electron chi connectivity index (χ1n) is 5.35. The van der Waals surface area contributed by atoms with Crippen LogP contribution in [0.15, 0.2) is 45.3 Å². The highest BCUT2D eigenvalue weighted by atomic mass is 79.9. The number of ketones is 1. The molecular weight excluding hydrogens is 358 g/mol. The van der Waals surface area contributed by atoms with Gasteiger partial charge in [-0.3, -0.25) is 4.79 Å². The maximum absolute atomic E-state index is 12.5. The molecule has 2 N–H and O–H groups in total. The molecular formula is C14H11Br2NO. The van der Waals surface area contributed by atoms with Crippen molar-refractivity contribution in [2.45, 2.75) is 6.92 Å². The van der Waals surface area contributed by atoms with Gasteiger partial charge in [-0.2, -0.15) is 0 Å². The second kappa shape index (κ2) is 5.24. The summed E-state index contributed by atoms with van der Waals surface area (Å²) in [6.45, 7) is 1.96. The van der Waals surface area contributed by atoms with E-state index in [1.165, 1.54) is 0 Å². The van der Waals surface area contributed by atoms with Crippen LogP contribution in [0.3, 0.4) is 0 Å². The van der Waals surface area contributed by atoms with Crippen molar-refractivity contribution in [2.24, 2.45) is 0 Å². The van der Waals surface area contributed by atoms with E-state index in [-0.39, 0.29) is 5.78 Å². The monoisotopic (exact) mass is 367 g/mol. The Morgan fingerprint density at radius 2 is 1.83 bits per heavy atom. The number of rotatable bonds is 2. The number of hydrogen-bond donors (Lipinski definition) is 1. The highest BCUT2D eigenvalue weighted by Gasteiger charge is 2.16. The van der Waals surface area contributed by atoms with E-state index in [0.29, 0.717) is 21.3 Å². The SMILES string of the molecule is Cc1cccc(C(=O)c2ccc(N)cc2Br)c1Br. The van der Waals surface area contributed by atoms with Gasteiger partial charge in [0.2, 0.25) is 0 Å². The van der Waals surface area contributed by atoms with E-state index in [1.54, 1.807) is 18.2 Å². The smallest absolute Gasteiger partial charge is 0.195 e. The molecule has 0 saturated heterocycles. The van der Waals surface area contributed by atoms with Crippen molar-refractivity contribution in [1.29, 1.82) is 0 Å². The molecule has 18 heavy (non-hydrogen) atoms. The van der Waals surface area contributed by atoms with Crippen LogP contribution in [0, 0.1) is 6.92 Å². The Hall–Kier alpha value is -1.13. The zero-order chi connectivity index (χ0) is 13.3. The van der Waals surface area contributed by atoms with Crippen LogP contribution in [0.1, 0.15) is 21.5 Å². The molecule has 0 heterocycles. The summed E-state index contributed by atoms with van der Waals surface area (Å²) in [5, 5.41) is 0. The quantitative estimate of drug-likeness (QED) is 0.633. The van der Waals surface area contributed by atoms with Crippen LogP contribution >= 0.6 is 31.9 Å². The van der Waals surface area contributed by atoms with Crippen LogP contribution in [-0.4, -0.2) is 5.78 Å². The first-order chi connectivity index (χ1) is 8.50. The fourth-order valence-corrected chi connectivity index (χ4v) is 2.70. The number of halogens is 2. The van der Waals surface area contributed by atoms with Crippen molar-refractivity contribution in [1.82, 2.24) is 0 Å². The molecule has 2 nitrogen and oxygen atoms in total. The average molecular weight is 369 g/mol. The van der Waals surface area contributed by atoms with Gasteiger partial charge in [-0.25, -0.2) is 0 Å². The van der Waals surface area contributed by atoms with Gasteiger partial charge in [0.25, 0.3) is 0 Å². The number of nitrogens with two attached hydrogens (primary N) is 1. The summed E-state index contributed by atoms with van der Waals surface area (Å²) in [6, 6.07) is 10.8. The Morgan fingerprint density at radius 1 is 1.11 bits per heavy atom. The molecule has 4 heteroatoms. The fraction of sp³-hybridized carbons (Fsp3) is 0.0714. The predicted molar refractivity (Wildman–Crippen MR) is 80.9 cm³/mol. The molecule has 0 amide bonds. The molecule has 0 radical (unpaired) electrons. The molecule has 0 atom stereocenters. The largest absolute Gasteiger partial charge is 0.399 e. The van der Waals surface area contributed by atoms with Crippen molar-refractivity contribution in [2.75, 3.05) is 5.73 Å². The maximum Gasteiger partial charge on any atom is 0.195 e. The minimum atomic E-state index is -0.0301. The topological polar surface area (TPSA) is 43.1 Å². The van der Waals surface area contributed by atoms with E-state index in [0.717, 1.165) is 10.0 Å². The summed E-state index contributed by atoms with van der Waals surface area (Å²) in [4.78, 5) is 12.5. The lowest BCUT2D eigenvalue weighted by molar-refractivity contribution is 0.103. The summed E-state index contributed by atoms with van der Waals surface area (Å²) in [5.41, 5.74) is 8.59. The molecule has 0 unspecified atom stereocenters. The van der Waals surface area contributed by atoms with Crippen LogP contribution in [0.4, 0.5) is 5.69 Å². The number of aryl methyl sites for hydroxylation is 1. The van der Waals surface area contributed by atoms with Crippen molar-refractivity contribution >= 4 is 43.3 Å². The number of anilines is 1. The molecule has 0 bridgehead atoms. The van der Waals surface area contributed by atoms with Crippen LogP contribution < -0.4 is 5.73 Å². The minimum Gasteiger partial charge on any atom is -0.399 e. The summed E-state index contributed by atoms with van der Waals surface area (Å²) >= 11 is 6.83. The normalized spacial score (nSPS) is 10.4. The molecule has 0 spiro atoms. The van der Waals surface area contributed by atoms with Crippen LogP contribution in [0.5, 0.6) is 0 Å². The Kier molecular flexibility index (Phi) is 3.88. The highest BCUT2D eigenvalue weighted by molar-refractivity contribution is 9.11. The third-order valence-electron chi connectivity index (χ3n) is 2.67. The lowest BCUT2D eigenvalue weighted by atomic mass is 10.0. The van der Waals surface area contributed by atoms with Gasteiger partial charge in [0.1, 0.15) is 0 Å². The number of nitrogen functional groups attached to an aromatic ring is 1. The molecule has 92 valence electrons. The Balaban J connectivity index is 2.51. The summed E-state index contributed by atoms with van der Waals surface area (Å²) in [6.07, 6.45) is 0. The highest BCUT2D eigenvalue weighted by Crippen LogP contribution is 2.27. The molecule has 2 rings (SSSR count). The third kappa shape index (κ3) is 2.49. The van der Waals surface area contributed by atoms with E-state index in [2.05, 4.69) is 31.9 Å². The lowest BCUT2D eigenvalue weighted by Gasteiger charge is -2.08. The standard InChI is InChI=1S/C14H11Br2NO/c1-8-3-2-4-11(13(8)16)14(18)10-6-5-9(17)7-12(10)15/h2-7H,17H2,1H3. The van der Waals surface area contributed by atoms with Crippen molar-refractivity contribution in [3.63, 3.8) is 0 Å². The van der Waals surface area contributed by atoms with Gasteiger partial charge in [0.15, 0.2) is 5.78 Å². The van der Waals surface area contributed by atoms with Gasteiger partial charge in [0, 0.05) is 25.8 Å². The third-order valence-corrected chi connectivity index (χ3v) is 4.38. The predicted octanol–water partition coefficient (Wildman–Crippen LogP) is 4.33.